The van der Waals surface area contributed by atoms with Gasteiger partial charge in [0.15, 0.2) is 0 Å². The van der Waals surface area contributed by atoms with Crippen molar-refractivity contribution in [2.45, 2.75) is 64.4 Å². The molecule has 1 fully saturated rings. The van der Waals surface area contributed by atoms with E-state index in [0.717, 1.165) is 18.7 Å². The molecule has 1 aliphatic carbocycles. The molecule has 0 saturated heterocycles. The molecule has 1 heterocycles. The highest BCUT2D eigenvalue weighted by molar-refractivity contribution is 5.34. The lowest BCUT2D eigenvalue weighted by atomic mass is 9.96. The van der Waals surface area contributed by atoms with Crippen LogP contribution >= 0.6 is 0 Å². The van der Waals surface area contributed by atoms with E-state index in [9.17, 15) is 0 Å². The van der Waals surface area contributed by atoms with Gasteiger partial charge in [-0.3, -0.25) is 0 Å². The van der Waals surface area contributed by atoms with Gasteiger partial charge in [-0.2, -0.15) is 4.98 Å². The molecule has 0 spiro atoms. The number of ether oxygens (including phenoxy) is 1. The predicted molar refractivity (Wildman–Crippen MR) is 72.6 cm³/mol. The van der Waals surface area contributed by atoms with Crippen LogP contribution in [0.4, 0.5) is 5.82 Å². The Bertz CT molecular complexity index is 406. The molecule has 2 rings (SSSR count). The number of hydrogen-bond acceptors (Lipinski definition) is 4. The lowest BCUT2D eigenvalue weighted by Gasteiger charge is -2.23. The van der Waals surface area contributed by atoms with Crippen LogP contribution < -0.4 is 10.5 Å². The van der Waals surface area contributed by atoms with E-state index in [0.29, 0.717) is 17.8 Å². The van der Waals surface area contributed by atoms with E-state index in [1.165, 1.54) is 19.3 Å². The lowest BCUT2D eigenvalue weighted by Crippen LogP contribution is -2.22. The van der Waals surface area contributed by atoms with Crippen LogP contribution in [-0.2, 0) is 5.41 Å². The van der Waals surface area contributed by atoms with Crippen LogP contribution in [0.1, 0.15) is 58.7 Å². The minimum absolute atomic E-state index is 0.111. The van der Waals surface area contributed by atoms with Crippen molar-refractivity contribution in [3.05, 3.63) is 11.9 Å². The molecular weight excluding hydrogens is 226 g/mol. The molecule has 1 aromatic heterocycles. The van der Waals surface area contributed by atoms with Gasteiger partial charge in [0.1, 0.15) is 17.7 Å². The zero-order chi connectivity index (χ0) is 13.2. The molecule has 0 atom stereocenters. The number of rotatable bonds is 2. The van der Waals surface area contributed by atoms with E-state index in [-0.39, 0.29) is 5.41 Å². The maximum Gasteiger partial charge on any atom is 0.219 e. The molecule has 0 amide bonds. The minimum Gasteiger partial charge on any atom is -0.474 e. The SMILES string of the molecule is CC(C)(C)c1nc(N)cc(OC2CCCCC2)n1. The van der Waals surface area contributed by atoms with E-state index >= 15 is 0 Å². The van der Waals surface area contributed by atoms with Crippen LogP contribution in [0.15, 0.2) is 6.07 Å². The van der Waals surface area contributed by atoms with Gasteiger partial charge < -0.3 is 10.5 Å². The second-order valence-electron chi connectivity index (χ2n) is 6.08. The van der Waals surface area contributed by atoms with Crippen molar-refractivity contribution in [1.82, 2.24) is 9.97 Å². The summed E-state index contributed by atoms with van der Waals surface area (Å²) in [6, 6.07) is 1.73. The third kappa shape index (κ3) is 3.34. The first-order valence-corrected chi connectivity index (χ1v) is 6.77. The van der Waals surface area contributed by atoms with Gasteiger partial charge in [0.25, 0.3) is 0 Å². The summed E-state index contributed by atoms with van der Waals surface area (Å²) in [5, 5.41) is 0. The first-order chi connectivity index (χ1) is 8.45. The smallest absolute Gasteiger partial charge is 0.219 e. The van der Waals surface area contributed by atoms with Gasteiger partial charge >= 0.3 is 0 Å². The molecule has 0 bridgehead atoms. The first kappa shape index (κ1) is 13.1. The number of nitrogens with zero attached hydrogens (tertiary/aromatic N) is 2. The van der Waals surface area contributed by atoms with Gasteiger partial charge in [0.05, 0.1) is 0 Å². The molecule has 0 aliphatic heterocycles. The fourth-order valence-electron chi connectivity index (χ4n) is 2.19. The summed E-state index contributed by atoms with van der Waals surface area (Å²) in [5.74, 6) is 1.85. The average Bonchev–Trinajstić information content (AvgIpc) is 2.28. The molecule has 4 nitrogen and oxygen atoms in total. The van der Waals surface area contributed by atoms with Crippen molar-refractivity contribution in [1.29, 1.82) is 0 Å². The second-order valence-corrected chi connectivity index (χ2v) is 6.08. The standard InChI is InChI=1S/C14H23N3O/c1-14(2,3)13-16-11(15)9-12(17-13)18-10-7-5-4-6-8-10/h9-10H,4-8H2,1-3H3,(H2,15,16,17). The Morgan fingerprint density at radius 2 is 1.83 bits per heavy atom. The Morgan fingerprint density at radius 3 is 2.44 bits per heavy atom. The summed E-state index contributed by atoms with van der Waals surface area (Å²) in [6.45, 7) is 6.23. The normalized spacial score (nSPS) is 17.7. The summed E-state index contributed by atoms with van der Waals surface area (Å²) in [4.78, 5) is 8.77. The second kappa shape index (κ2) is 5.12. The average molecular weight is 249 g/mol. The molecule has 18 heavy (non-hydrogen) atoms. The molecular formula is C14H23N3O. The molecule has 1 saturated carbocycles. The topological polar surface area (TPSA) is 61.0 Å². The van der Waals surface area contributed by atoms with Crippen LogP contribution in [0.3, 0.4) is 0 Å². The van der Waals surface area contributed by atoms with Crippen molar-refractivity contribution in [3.8, 4) is 5.88 Å². The maximum absolute atomic E-state index is 5.94. The zero-order valence-corrected chi connectivity index (χ0v) is 11.6. The summed E-state index contributed by atoms with van der Waals surface area (Å²) in [5.41, 5.74) is 5.72. The van der Waals surface area contributed by atoms with Crippen LogP contribution in [0.2, 0.25) is 0 Å². The van der Waals surface area contributed by atoms with Crippen LogP contribution in [-0.4, -0.2) is 16.1 Å². The van der Waals surface area contributed by atoms with Crippen molar-refractivity contribution >= 4 is 5.82 Å². The van der Waals surface area contributed by atoms with E-state index in [2.05, 4.69) is 30.7 Å². The highest BCUT2D eigenvalue weighted by atomic mass is 16.5. The third-order valence-electron chi connectivity index (χ3n) is 3.23. The number of anilines is 1. The largest absolute Gasteiger partial charge is 0.474 e. The van der Waals surface area contributed by atoms with Gasteiger partial charge in [-0.15, -0.1) is 0 Å². The van der Waals surface area contributed by atoms with Gasteiger partial charge in [0, 0.05) is 11.5 Å². The zero-order valence-electron chi connectivity index (χ0n) is 11.6. The fraction of sp³-hybridized carbons (Fsp3) is 0.714. The van der Waals surface area contributed by atoms with Crippen molar-refractivity contribution in [2.75, 3.05) is 5.73 Å². The molecule has 0 unspecified atom stereocenters. The quantitative estimate of drug-likeness (QED) is 0.875. The van der Waals surface area contributed by atoms with Gasteiger partial charge in [0.2, 0.25) is 5.88 Å². The Morgan fingerprint density at radius 1 is 1.17 bits per heavy atom. The Labute approximate surface area is 109 Å². The van der Waals surface area contributed by atoms with Gasteiger partial charge in [-0.25, -0.2) is 4.98 Å². The molecule has 2 N–H and O–H groups in total. The molecule has 0 radical (unpaired) electrons. The van der Waals surface area contributed by atoms with E-state index in [1.54, 1.807) is 6.07 Å². The van der Waals surface area contributed by atoms with Gasteiger partial charge in [-0.05, 0) is 25.7 Å². The first-order valence-electron chi connectivity index (χ1n) is 6.77. The van der Waals surface area contributed by atoms with Crippen LogP contribution in [0.5, 0.6) is 5.88 Å². The highest BCUT2D eigenvalue weighted by Crippen LogP contribution is 2.25. The van der Waals surface area contributed by atoms with Crippen LogP contribution in [0, 0.1) is 0 Å². The highest BCUT2D eigenvalue weighted by Gasteiger charge is 2.21. The van der Waals surface area contributed by atoms with E-state index in [4.69, 9.17) is 10.5 Å². The molecule has 100 valence electrons. The fourth-order valence-corrected chi connectivity index (χ4v) is 2.19. The molecule has 0 aromatic carbocycles. The lowest BCUT2D eigenvalue weighted by molar-refractivity contribution is 0.147. The summed E-state index contributed by atoms with van der Waals surface area (Å²) >= 11 is 0. The molecule has 1 aromatic rings. The van der Waals surface area contributed by atoms with Crippen molar-refractivity contribution < 1.29 is 4.74 Å². The predicted octanol–water partition coefficient (Wildman–Crippen LogP) is 3.07. The summed E-state index contributed by atoms with van der Waals surface area (Å²) in [6.07, 6.45) is 6.35. The summed E-state index contributed by atoms with van der Waals surface area (Å²) in [7, 11) is 0. The monoisotopic (exact) mass is 249 g/mol. The number of hydrogen-bond donors (Lipinski definition) is 1. The minimum atomic E-state index is -0.111. The van der Waals surface area contributed by atoms with Crippen molar-refractivity contribution in [3.63, 3.8) is 0 Å². The van der Waals surface area contributed by atoms with E-state index < -0.39 is 0 Å². The molecule has 1 aliphatic rings. The third-order valence-corrected chi connectivity index (χ3v) is 3.23. The van der Waals surface area contributed by atoms with Crippen molar-refractivity contribution in [2.24, 2.45) is 0 Å². The Hall–Kier alpha value is -1.32. The summed E-state index contributed by atoms with van der Waals surface area (Å²) < 4.78 is 5.94. The van der Waals surface area contributed by atoms with Crippen LogP contribution in [0.25, 0.3) is 0 Å². The number of nitrogen functional groups attached to an aromatic ring is 1. The number of nitrogens with two attached hydrogens (primary N) is 1. The Balaban J connectivity index is 2.14. The number of aromatic nitrogens is 2. The molecule has 4 heteroatoms. The van der Waals surface area contributed by atoms with E-state index in [1.807, 2.05) is 0 Å². The van der Waals surface area contributed by atoms with Gasteiger partial charge in [-0.1, -0.05) is 27.2 Å². The Kier molecular flexibility index (Phi) is 3.73. The maximum atomic E-state index is 5.94.